The van der Waals surface area contributed by atoms with Crippen molar-refractivity contribution >= 4 is 9.84 Å². The lowest BCUT2D eigenvalue weighted by molar-refractivity contribution is 0.580. The maximum absolute atomic E-state index is 12.0. The fourth-order valence-corrected chi connectivity index (χ4v) is 3.16. The number of unbranched alkanes of at least 4 members (excludes halogenated alkanes) is 1. The predicted octanol–water partition coefficient (Wildman–Crippen LogP) is 2.29. The summed E-state index contributed by atoms with van der Waals surface area (Å²) in [4.78, 5) is 0.429. The lowest BCUT2D eigenvalue weighted by Crippen LogP contribution is -2.15. The van der Waals surface area contributed by atoms with Gasteiger partial charge in [-0.25, -0.2) is 8.42 Å². The molecule has 0 amide bonds. The molecule has 3 nitrogen and oxygen atoms in total. The Morgan fingerprint density at radius 1 is 1.29 bits per heavy atom. The summed E-state index contributed by atoms with van der Waals surface area (Å²) in [7, 11) is -3.12. The van der Waals surface area contributed by atoms with E-state index in [0.717, 1.165) is 18.4 Å². The van der Waals surface area contributed by atoms with Crippen LogP contribution in [0.5, 0.6) is 0 Å². The van der Waals surface area contributed by atoms with Crippen LogP contribution in [0.2, 0.25) is 0 Å². The van der Waals surface area contributed by atoms with Crippen LogP contribution < -0.4 is 5.73 Å². The maximum Gasteiger partial charge on any atom is 0.178 e. The Bertz CT molecular complexity index is 452. The highest BCUT2D eigenvalue weighted by Gasteiger charge is 2.13. The molecule has 0 saturated carbocycles. The van der Waals surface area contributed by atoms with Crippen molar-refractivity contribution in [2.45, 2.75) is 44.0 Å². The van der Waals surface area contributed by atoms with Crippen molar-refractivity contribution in [3.8, 4) is 0 Å². The van der Waals surface area contributed by atoms with E-state index in [2.05, 4.69) is 0 Å². The van der Waals surface area contributed by atoms with Gasteiger partial charge >= 0.3 is 0 Å². The van der Waals surface area contributed by atoms with Crippen LogP contribution in [0.3, 0.4) is 0 Å². The molecule has 0 spiro atoms. The van der Waals surface area contributed by atoms with Gasteiger partial charge in [-0.05, 0) is 44.4 Å². The first kappa shape index (κ1) is 14.2. The van der Waals surface area contributed by atoms with Crippen LogP contribution in [0.4, 0.5) is 0 Å². The molecule has 0 aliphatic heterocycles. The molecule has 17 heavy (non-hydrogen) atoms. The molecule has 0 aliphatic carbocycles. The van der Waals surface area contributed by atoms with Crippen molar-refractivity contribution in [1.29, 1.82) is 0 Å². The second-order valence-corrected chi connectivity index (χ2v) is 6.72. The summed E-state index contributed by atoms with van der Waals surface area (Å²) in [6.45, 7) is 3.84. The number of hydrogen-bond donors (Lipinski definition) is 1. The number of hydrogen-bond acceptors (Lipinski definition) is 3. The fraction of sp³-hybridized carbons (Fsp3) is 0.538. The molecule has 2 N–H and O–H groups in total. The number of aryl methyl sites for hydroxylation is 1. The molecule has 0 radical (unpaired) electrons. The summed E-state index contributed by atoms with van der Waals surface area (Å²) in [5.41, 5.74) is 6.60. The topological polar surface area (TPSA) is 60.2 Å². The molecule has 4 heteroatoms. The van der Waals surface area contributed by atoms with E-state index in [1.807, 2.05) is 19.9 Å². The van der Waals surface area contributed by atoms with Crippen molar-refractivity contribution in [2.75, 3.05) is 5.75 Å². The van der Waals surface area contributed by atoms with Crippen molar-refractivity contribution in [3.63, 3.8) is 0 Å². The highest BCUT2D eigenvalue weighted by Crippen LogP contribution is 2.14. The highest BCUT2D eigenvalue weighted by atomic mass is 32.2. The van der Waals surface area contributed by atoms with E-state index in [1.165, 1.54) is 0 Å². The number of nitrogens with two attached hydrogens (primary N) is 1. The highest BCUT2D eigenvalue weighted by molar-refractivity contribution is 7.91. The molecule has 96 valence electrons. The van der Waals surface area contributed by atoms with Crippen molar-refractivity contribution in [3.05, 3.63) is 29.8 Å². The minimum atomic E-state index is -3.12. The number of rotatable bonds is 6. The second kappa shape index (κ2) is 6.17. The molecule has 1 atom stereocenters. The van der Waals surface area contributed by atoms with Crippen LogP contribution in [0.1, 0.15) is 31.7 Å². The van der Waals surface area contributed by atoms with Crippen molar-refractivity contribution in [1.82, 2.24) is 0 Å². The SMILES string of the molecule is Cc1cccc(S(=O)(=O)CCCCC(C)N)c1. The zero-order valence-electron chi connectivity index (χ0n) is 10.5. The third-order valence-electron chi connectivity index (χ3n) is 2.67. The van der Waals surface area contributed by atoms with Gasteiger partial charge in [0, 0.05) is 6.04 Å². The molecule has 1 aromatic carbocycles. The van der Waals surface area contributed by atoms with Gasteiger partial charge in [-0.2, -0.15) is 0 Å². The van der Waals surface area contributed by atoms with Crippen LogP contribution >= 0.6 is 0 Å². The Morgan fingerprint density at radius 2 is 2.00 bits per heavy atom. The predicted molar refractivity (Wildman–Crippen MR) is 70.7 cm³/mol. The van der Waals surface area contributed by atoms with E-state index < -0.39 is 9.84 Å². The van der Waals surface area contributed by atoms with Crippen LogP contribution in [-0.2, 0) is 9.84 Å². The van der Waals surface area contributed by atoms with Crippen LogP contribution in [0.15, 0.2) is 29.2 Å². The van der Waals surface area contributed by atoms with Gasteiger partial charge in [0.15, 0.2) is 9.84 Å². The molecule has 1 aromatic rings. The van der Waals surface area contributed by atoms with E-state index >= 15 is 0 Å². The third-order valence-corrected chi connectivity index (χ3v) is 4.47. The quantitative estimate of drug-likeness (QED) is 0.793. The molecule has 0 fully saturated rings. The van der Waals surface area contributed by atoms with Crippen molar-refractivity contribution in [2.24, 2.45) is 5.73 Å². The summed E-state index contributed by atoms with van der Waals surface area (Å²) < 4.78 is 24.0. The largest absolute Gasteiger partial charge is 0.328 e. The van der Waals surface area contributed by atoms with E-state index in [0.29, 0.717) is 11.3 Å². The lowest BCUT2D eigenvalue weighted by Gasteiger charge is -2.06. The van der Waals surface area contributed by atoms with Crippen LogP contribution in [0, 0.1) is 6.92 Å². The average molecular weight is 255 g/mol. The van der Waals surface area contributed by atoms with Gasteiger partial charge in [0.05, 0.1) is 10.6 Å². The minimum absolute atomic E-state index is 0.150. The van der Waals surface area contributed by atoms with Gasteiger partial charge in [-0.3, -0.25) is 0 Å². The zero-order valence-corrected chi connectivity index (χ0v) is 11.3. The number of sulfone groups is 1. The molecular formula is C13H21NO2S. The van der Waals surface area contributed by atoms with E-state index in [9.17, 15) is 8.42 Å². The van der Waals surface area contributed by atoms with Gasteiger partial charge < -0.3 is 5.73 Å². The fourth-order valence-electron chi connectivity index (χ4n) is 1.69. The Hall–Kier alpha value is -0.870. The Labute approximate surface area is 104 Å². The molecule has 1 unspecified atom stereocenters. The summed E-state index contributed by atoms with van der Waals surface area (Å²) in [6.07, 6.45) is 2.42. The molecule has 0 bridgehead atoms. The summed E-state index contributed by atoms with van der Waals surface area (Å²) in [5.74, 6) is 0.211. The molecule has 0 aromatic heterocycles. The maximum atomic E-state index is 12.0. The minimum Gasteiger partial charge on any atom is -0.328 e. The van der Waals surface area contributed by atoms with Crippen LogP contribution in [-0.4, -0.2) is 20.2 Å². The van der Waals surface area contributed by atoms with Gasteiger partial charge in [0.2, 0.25) is 0 Å². The van der Waals surface area contributed by atoms with Gasteiger partial charge in [-0.1, -0.05) is 18.6 Å². The monoisotopic (exact) mass is 255 g/mol. The van der Waals surface area contributed by atoms with E-state index in [1.54, 1.807) is 18.2 Å². The smallest absolute Gasteiger partial charge is 0.178 e. The van der Waals surface area contributed by atoms with Gasteiger partial charge in [-0.15, -0.1) is 0 Å². The standard InChI is InChI=1S/C13H21NO2S/c1-11-6-5-8-13(10-11)17(15,16)9-4-3-7-12(2)14/h5-6,8,10,12H,3-4,7,9,14H2,1-2H3. The molecule has 0 aliphatic rings. The average Bonchev–Trinajstić information content (AvgIpc) is 2.24. The third kappa shape index (κ3) is 4.88. The zero-order chi connectivity index (χ0) is 12.9. The van der Waals surface area contributed by atoms with E-state index in [4.69, 9.17) is 5.73 Å². The first-order valence-electron chi connectivity index (χ1n) is 5.97. The molecular weight excluding hydrogens is 234 g/mol. The molecule has 0 heterocycles. The normalized spacial score (nSPS) is 13.6. The first-order valence-corrected chi connectivity index (χ1v) is 7.62. The Morgan fingerprint density at radius 3 is 2.59 bits per heavy atom. The summed E-state index contributed by atoms with van der Waals surface area (Å²) in [6, 6.07) is 7.21. The first-order chi connectivity index (χ1) is 7.92. The van der Waals surface area contributed by atoms with E-state index in [-0.39, 0.29) is 11.8 Å². The Kier molecular flexibility index (Phi) is 5.15. The second-order valence-electron chi connectivity index (χ2n) is 4.61. The molecule has 1 rings (SSSR count). The molecule has 0 saturated heterocycles. The van der Waals surface area contributed by atoms with Gasteiger partial charge in [0.25, 0.3) is 0 Å². The summed E-state index contributed by atoms with van der Waals surface area (Å²) in [5, 5.41) is 0. The Balaban J connectivity index is 2.57. The van der Waals surface area contributed by atoms with Crippen LogP contribution in [0.25, 0.3) is 0 Å². The number of benzene rings is 1. The van der Waals surface area contributed by atoms with Gasteiger partial charge in [0.1, 0.15) is 0 Å². The van der Waals surface area contributed by atoms with Crippen molar-refractivity contribution < 1.29 is 8.42 Å². The summed E-state index contributed by atoms with van der Waals surface area (Å²) >= 11 is 0. The lowest BCUT2D eigenvalue weighted by atomic mass is 10.2.